The van der Waals surface area contributed by atoms with Crippen LogP contribution >= 0.6 is 0 Å². The number of hydrogen-bond acceptors (Lipinski definition) is 4. The van der Waals surface area contributed by atoms with Crippen molar-refractivity contribution in [1.29, 1.82) is 5.41 Å². The van der Waals surface area contributed by atoms with Gasteiger partial charge in [-0.05, 0) is 40.0 Å². The molecule has 4 N–H and O–H groups in total. The molecule has 0 saturated heterocycles. The van der Waals surface area contributed by atoms with Crippen molar-refractivity contribution in [3.05, 3.63) is 11.3 Å². The normalized spacial score (nSPS) is 21.1. The minimum Gasteiger partial charge on any atom is -0.444 e. The number of carbonyl (C=O) groups is 1. The lowest BCUT2D eigenvalue weighted by Gasteiger charge is -2.25. The van der Waals surface area contributed by atoms with E-state index < -0.39 is 11.7 Å². The molecule has 1 unspecified atom stereocenters. The van der Waals surface area contributed by atoms with E-state index in [0.29, 0.717) is 11.3 Å². The fourth-order valence-corrected chi connectivity index (χ4v) is 1.78. The van der Waals surface area contributed by atoms with Gasteiger partial charge in [0, 0.05) is 23.5 Å². The Kier molecular flexibility index (Phi) is 4.28. The van der Waals surface area contributed by atoms with Crippen LogP contribution in [-0.2, 0) is 4.74 Å². The first kappa shape index (κ1) is 13.7. The molecule has 1 atom stereocenters. The lowest BCUT2D eigenvalue weighted by atomic mass is 9.92. The number of rotatable bonds is 2. The molecule has 1 aliphatic carbocycles. The fourth-order valence-electron chi connectivity index (χ4n) is 1.78. The molecule has 5 nitrogen and oxygen atoms in total. The molecule has 1 amide bonds. The maximum Gasteiger partial charge on any atom is 0.411 e. The van der Waals surface area contributed by atoms with Crippen LogP contribution in [0.15, 0.2) is 11.3 Å². The first-order valence-corrected chi connectivity index (χ1v) is 5.82. The third-order valence-corrected chi connectivity index (χ3v) is 2.50. The Bertz CT molecular complexity index is 342. The van der Waals surface area contributed by atoms with E-state index in [1.54, 1.807) is 0 Å². The van der Waals surface area contributed by atoms with Crippen molar-refractivity contribution in [3.8, 4) is 0 Å². The highest BCUT2D eigenvalue weighted by molar-refractivity contribution is 5.81. The topological polar surface area (TPSA) is 88.2 Å². The zero-order valence-corrected chi connectivity index (χ0v) is 10.7. The number of nitrogens with two attached hydrogens (primary N) is 1. The smallest absolute Gasteiger partial charge is 0.411 e. The summed E-state index contributed by atoms with van der Waals surface area (Å²) in [4.78, 5) is 11.6. The van der Waals surface area contributed by atoms with Crippen molar-refractivity contribution in [3.63, 3.8) is 0 Å². The number of hydrogen-bond donors (Lipinski definition) is 3. The summed E-state index contributed by atoms with van der Waals surface area (Å²) in [5.74, 6) is 0. The molecular weight excluding hydrogens is 218 g/mol. The predicted octanol–water partition coefficient (Wildman–Crippen LogP) is 1.93. The molecule has 0 heterocycles. The van der Waals surface area contributed by atoms with Crippen LogP contribution in [0.3, 0.4) is 0 Å². The number of alkyl carbamates (subject to hydrolysis) is 1. The van der Waals surface area contributed by atoms with Crippen LogP contribution in [0.5, 0.6) is 0 Å². The Morgan fingerprint density at radius 3 is 2.76 bits per heavy atom. The summed E-state index contributed by atoms with van der Waals surface area (Å²) >= 11 is 0. The van der Waals surface area contributed by atoms with Crippen molar-refractivity contribution in [2.45, 2.75) is 51.7 Å². The third kappa shape index (κ3) is 4.19. The highest BCUT2D eigenvalue weighted by atomic mass is 16.6. The third-order valence-electron chi connectivity index (χ3n) is 2.50. The quantitative estimate of drug-likeness (QED) is 0.643. The number of allylic oxidation sites excluding steroid dienone is 1. The highest BCUT2D eigenvalue weighted by Gasteiger charge is 2.22. The van der Waals surface area contributed by atoms with Crippen LogP contribution in [0.1, 0.15) is 40.0 Å². The number of carbonyl (C=O) groups excluding carboxylic acids is 1. The Morgan fingerprint density at radius 1 is 1.59 bits per heavy atom. The average molecular weight is 239 g/mol. The number of amides is 1. The van der Waals surface area contributed by atoms with Gasteiger partial charge in [-0.25, -0.2) is 4.79 Å². The maximum absolute atomic E-state index is 11.6. The van der Waals surface area contributed by atoms with Crippen LogP contribution in [0.2, 0.25) is 0 Å². The van der Waals surface area contributed by atoms with Gasteiger partial charge in [0.1, 0.15) is 5.60 Å². The number of nitrogens with one attached hydrogen (secondary N) is 2. The summed E-state index contributed by atoms with van der Waals surface area (Å²) in [7, 11) is 0. The Balaban J connectivity index is 2.72. The summed E-state index contributed by atoms with van der Waals surface area (Å²) in [6.07, 6.45) is 3.24. The molecule has 1 rings (SSSR count). The molecule has 17 heavy (non-hydrogen) atoms. The van der Waals surface area contributed by atoms with Crippen molar-refractivity contribution >= 4 is 12.3 Å². The molecule has 0 spiro atoms. The lowest BCUT2D eigenvalue weighted by molar-refractivity contribution is 0.0543. The molecule has 5 heteroatoms. The van der Waals surface area contributed by atoms with Gasteiger partial charge in [-0.2, -0.15) is 0 Å². The van der Waals surface area contributed by atoms with E-state index in [2.05, 4.69) is 5.32 Å². The first-order chi connectivity index (χ1) is 7.83. The minimum absolute atomic E-state index is 0.161. The zero-order valence-electron chi connectivity index (χ0n) is 10.7. The van der Waals surface area contributed by atoms with E-state index in [9.17, 15) is 4.79 Å². The zero-order chi connectivity index (χ0) is 13.1. The molecular formula is C12H21N3O2. The van der Waals surface area contributed by atoms with Crippen molar-refractivity contribution in [1.82, 2.24) is 5.32 Å². The fraction of sp³-hybridized carbons (Fsp3) is 0.667. The van der Waals surface area contributed by atoms with Crippen LogP contribution in [0.25, 0.3) is 0 Å². The Morgan fingerprint density at radius 2 is 2.24 bits per heavy atom. The second-order valence-corrected chi connectivity index (χ2v) is 5.20. The van der Waals surface area contributed by atoms with E-state index in [4.69, 9.17) is 15.9 Å². The van der Waals surface area contributed by atoms with Gasteiger partial charge in [-0.3, -0.25) is 5.32 Å². The van der Waals surface area contributed by atoms with Gasteiger partial charge in [0.2, 0.25) is 0 Å². The predicted molar refractivity (Wildman–Crippen MR) is 67.0 cm³/mol. The molecule has 0 aromatic rings. The monoisotopic (exact) mass is 239 g/mol. The van der Waals surface area contributed by atoms with E-state index in [1.165, 1.54) is 6.21 Å². The van der Waals surface area contributed by atoms with Crippen LogP contribution in [-0.4, -0.2) is 24.0 Å². The lowest BCUT2D eigenvalue weighted by Crippen LogP contribution is -2.36. The van der Waals surface area contributed by atoms with Crippen molar-refractivity contribution in [2.24, 2.45) is 5.73 Å². The molecule has 96 valence electrons. The molecule has 0 aliphatic heterocycles. The van der Waals surface area contributed by atoms with E-state index in [0.717, 1.165) is 19.3 Å². The molecule has 0 fully saturated rings. The molecule has 0 aromatic heterocycles. The van der Waals surface area contributed by atoms with E-state index in [1.807, 2.05) is 20.8 Å². The van der Waals surface area contributed by atoms with Crippen LogP contribution in [0.4, 0.5) is 4.79 Å². The van der Waals surface area contributed by atoms with Gasteiger partial charge in [-0.1, -0.05) is 0 Å². The van der Waals surface area contributed by atoms with Crippen LogP contribution in [0, 0.1) is 5.41 Å². The second-order valence-electron chi connectivity index (χ2n) is 5.20. The summed E-state index contributed by atoms with van der Waals surface area (Å²) < 4.78 is 5.17. The average Bonchev–Trinajstić information content (AvgIpc) is 2.14. The van der Waals surface area contributed by atoms with Gasteiger partial charge < -0.3 is 15.9 Å². The molecule has 0 aromatic carbocycles. The molecule has 0 radical (unpaired) electrons. The SMILES string of the molecule is CC(C)(C)OC(=O)NC1=C(C=N)C(N)CCC1. The minimum atomic E-state index is -0.522. The van der Waals surface area contributed by atoms with E-state index >= 15 is 0 Å². The summed E-state index contributed by atoms with van der Waals surface area (Å²) in [5.41, 5.74) is 6.77. The van der Waals surface area contributed by atoms with Gasteiger partial charge in [0.15, 0.2) is 0 Å². The molecule has 0 bridgehead atoms. The summed E-state index contributed by atoms with van der Waals surface area (Å²) in [6.45, 7) is 5.43. The standard InChI is InChI=1S/C12H21N3O2/c1-12(2,3)17-11(16)15-10-6-4-5-9(14)8(10)7-13/h7,9,13H,4-6,14H2,1-3H3,(H,15,16). The summed E-state index contributed by atoms with van der Waals surface area (Å²) in [6, 6.07) is -0.161. The van der Waals surface area contributed by atoms with Gasteiger partial charge in [-0.15, -0.1) is 0 Å². The van der Waals surface area contributed by atoms with Crippen LogP contribution < -0.4 is 11.1 Å². The number of ether oxygens (including phenoxy) is 1. The first-order valence-electron chi connectivity index (χ1n) is 5.82. The van der Waals surface area contributed by atoms with Crippen molar-refractivity contribution < 1.29 is 9.53 Å². The molecule has 0 saturated carbocycles. The largest absolute Gasteiger partial charge is 0.444 e. The maximum atomic E-state index is 11.6. The van der Waals surface area contributed by atoms with Gasteiger partial charge in [0.25, 0.3) is 0 Å². The van der Waals surface area contributed by atoms with Gasteiger partial charge >= 0.3 is 6.09 Å². The second kappa shape index (κ2) is 5.31. The van der Waals surface area contributed by atoms with Crippen molar-refractivity contribution in [2.75, 3.05) is 0 Å². The van der Waals surface area contributed by atoms with E-state index in [-0.39, 0.29) is 6.04 Å². The van der Waals surface area contributed by atoms with Gasteiger partial charge in [0.05, 0.1) is 0 Å². The molecule has 1 aliphatic rings. The Hall–Kier alpha value is -1.36. The summed E-state index contributed by atoms with van der Waals surface area (Å²) in [5, 5.41) is 10.0. The highest BCUT2D eigenvalue weighted by Crippen LogP contribution is 2.21. The Labute approximate surface area is 102 Å².